The Morgan fingerprint density at radius 3 is 2.63 bits per heavy atom. The second-order valence-electron chi connectivity index (χ2n) is 6.87. The molecule has 0 aromatic carbocycles. The maximum atomic E-state index is 4.83. The van der Waals surface area contributed by atoms with Gasteiger partial charge in [0, 0.05) is 50.0 Å². The molecule has 3 heterocycles. The third kappa shape index (κ3) is 7.83. The summed E-state index contributed by atoms with van der Waals surface area (Å²) in [6.45, 7) is 9.27. The molecule has 1 aliphatic rings. The number of nitrogens with one attached hydrogen (secondary N) is 2. The molecule has 0 amide bonds. The van der Waals surface area contributed by atoms with Crippen molar-refractivity contribution in [3.63, 3.8) is 0 Å². The molecule has 0 unspecified atom stereocenters. The van der Waals surface area contributed by atoms with E-state index in [4.69, 9.17) is 4.99 Å². The second-order valence-corrected chi connectivity index (χ2v) is 7.90. The number of hydrogen-bond donors (Lipinski definition) is 2. The van der Waals surface area contributed by atoms with Gasteiger partial charge in [-0.05, 0) is 62.4 Å². The van der Waals surface area contributed by atoms with Crippen LogP contribution >= 0.6 is 35.3 Å². The van der Waals surface area contributed by atoms with Crippen molar-refractivity contribution in [3.05, 3.63) is 46.9 Å². The Labute approximate surface area is 184 Å². The van der Waals surface area contributed by atoms with E-state index in [1.165, 1.54) is 30.8 Å². The van der Waals surface area contributed by atoms with Crippen LogP contribution in [0.4, 0.5) is 0 Å². The maximum Gasteiger partial charge on any atom is 0.191 e. The average molecular weight is 501 g/mol. The van der Waals surface area contributed by atoms with Crippen LogP contribution in [0.5, 0.6) is 0 Å². The molecule has 0 atom stereocenters. The monoisotopic (exact) mass is 501 g/mol. The van der Waals surface area contributed by atoms with E-state index in [0.717, 1.165) is 38.7 Å². The van der Waals surface area contributed by atoms with Gasteiger partial charge in [-0.15, -0.1) is 35.3 Å². The first-order chi connectivity index (χ1) is 12.8. The minimum absolute atomic E-state index is 0. The maximum absolute atomic E-state index is 4.83. The molecule has 0 aliphatic carbocycles. The van der Waals surface area contributed by atoms with Crippen LogP contribution in [0.15, 0.2) is 47.0 Å². The van der Waals surface area contributed by atoms with Crippen molar-refractivity contribution in [3.8, 4) is 0 Å². The number of thiophene rings is 1. The van der Waals surface area contributed by atoms with Gasteiger partial charge in [0.15, 0.2) is 5.96 Å². The highest BCUT2D eigenvalue weighted by molar-refractivity contribution is 14.0. The van der Waals surface area contributed by atoms with Crippen LogP contribution in [-0.2, 0) is 13.1 Å². The van der Waals surface area contributed by atoms with E-state index in [0.29, 0.717) is 5.92 Å². The molecule has 2 aromatic heterocycles. The molecule has 1 saturated heterocycles. The number of rotatable bonds is 8. The van der Waals surface area contributed by atoms with E-state index >= 15 is 0 Å². The van der Waals surface area contributed by atoms with Crippen molar-refractivity contribution in [1.29, 1.82) is 0 Å². The highest BCUT2D eigenvalue weighted by Crippen LogP contribution is 2.20. The lowest BCUT2D eigenvalue weighted by atomic mass is 9.97. The molecule has 5 nitrogen and oxygen atoms in total. The first-order valence-corrected chi connectivity index (χ1v) is 10.6. The standard InChI is InChI=1S/C20H31N5S.HI/c1-2-21-20(22-9-14-24-10-3-4-11-24)23-16-18-7-12-25(13-8-18)17-19-6-5-15-26-19;/h3-6,10-11,15,18H,2,7-9,12-14,16-17H2,1H3,(H2,21,22,23);1H. The second kappa shape index (κ2) is 12.4. The zero-order valence-electron chi connectivity index (χ0n) is 16.1. The molecule has 2 N–H and O–H groups in total. The summed E-state index contributed by atoms with van der Waals surface area (Å²) in [5.74, 6) is 1.65. The van der Waals surface area contributed by atoms with E-state index in [-0.39, 0.29) is 24.0 Å². The van der Waals surface area contributed by atoms with Crippen molar-refractivity contribution < 1.29 is 0 Å². The normalized spacial score (nSPS) is 16.1. The van der Waals surface area contributed by atoms with Gasteiger partial charge in [0.05, 0.1) is 0 Å². The lowest BCUT2D eigenvalue weighted by Crippen LogP contribution is -2.39. The summed E-state index contributed by atoms with van der Waals surface area (Å²) >= 11 is 1.86. The number of aromatic nitrogens is 1. The fourth-order valence-electron chi connectivity index (χ4n) is 3.33. The highest BCUT2D eigenvalue weighted by Gasteiger charge is 2.19. The molecule has 150 valence electrons. The Morgan fingerprint density at radius 1 is 1.19 bits per heavy atom. The molecule has 0 bridgehead atoms. The number of nitrogens with zero attached hydrogens (tertiary/aromatic N) is 3. The summed E-state index contributed by atoms with van der Waals surface area (Å²) in [4.78, 5) is 8.88. The van der Waals surface area contributed by atoms with Gasteiger partial charge in [0.25, 0.3) is 0 Å². The van der Waals surface area contributed by atoms with Crippen molar-refractivity contribution in [2.75, 3.05) is 32.7 Å². The number of likely N-dealkylation sites (tertiary alicyclic amines) is 1. The molecule has 27 heavy (non-hydrogen) atoms. The minimum atomic E-state index is 0. The third-order valence-corrected chi connectivity index (χ3v) is 5.71. The molecule has 0 saturated carbocycles. The zero-order chi connectivity index (χ0) is 18.0. The minimum Gasteiger partial charge on any atom is -0.357 e. The molecular formula is C20H32IN5S. The van der Waals surface area contributed by atoms with Gasteiger partial charge in [0.2, 0.25) is 0 Å². The van der Waals surface area contributed by atoms with Crippen LogP contribution in [0.2, 0.25) is 0 Å². The van der Waals surface area contributed by atoms with Crippen molar-refractivity contribution in [1.82, 2.24) is 20.1 Å². The summed E-state index contributed by atoms with van der Waals surface area (Å²) in [6, 6.07) is 8.50. The van der Waals surface area contributed by atoms with Crippen LogP contribution < -0.4 is 10.6 Å². The van der Waals surface area contributed by atoms with Crippen LogP contribution in [-0.4, -0.2) is 48.2 Å². The first-order valence-electron chi connectivity index (χ1n) is 9.71. The Hall–Kier alpha value is -1.06. The molecule has 3 rings (SSSR count). The number of guanidine groups is 1. The molecule has 1 aliphatic heterocycles. The van der Waals surface area contributed by atoms with E-state index in [2.05, 4.69) is 69.1 Å². The SMILES string of the molecule is CCNC(=NCC1CCN(Cc2cccs2)CC1)NCCn1cccc1.I. The van der Waals surface area contributed by atoms with Crippen LogP contribution in [0, 0.1) is 5.92 Å². The predicted octanol–water partition coefficient (Wildman–Crippen LogP) is 3.63. The van der Waals surface area contributed by atoms with E-state index in [9.17, 15) is 0 Å². The molecule has 0 spiro atoms. The van der Waals surface area contributed by atoms with Gasteiger partial charge >= 0.3 is 0 Å². The summed E-state index contributed by atoms with van der Waals surface area (Å²) < 4.78 is 2.18. The topological polar surface area (TPSA) is 44.6 Å². The predicted molar refractivity (Wildman–Crippen MR) is 126 cm³/mol. The van der Waals surface area contributed by atoms with E-state index in [1.807, 2.05) is 11.3 Å². The fraction of sp³-hybridized carbons (Fsp3) is 0.550. The van der Waals surface area contributed by atoms with Crippen LogP contribution in [0.1, 0.15) is 24.6 Å². The number of piperidine rings is 1. The summed E-state index contributed by atoms with van der Waals surface area (Å²) in [5.41, 5.74) is 0. The quantitative estimate of drug-likeness (QED) is 0.330. The van der Waals surface area contributed by atoms with Crippen molar-refractivity contribution >= 4 is 41.3 Å². The van der Waals surface area contributed by atoms with Gasteiger partial charge in [-0.1, -0.05) is 6.07 Å². The summed E-state index contributed by atoms with van der Waals surface area (Å²) in [7, 11) is 0. The van der Waals surface area contributed by atoms with Gasteiger partial charge in [0.1, 0.15) is 0 Å². The third-order valence-electron chi connectivity index (χ3n) is 4.85. The first kappa shape index (κ1) is 22.2. The Morgan fingerprint density at radius 2 is 1.96 bits per heavy atom. The smallest absolute Gasteiger partial charge is 0.191 e. The van der Waals surface area contributed by atoms with Gasteiger partial charge in [-0.25, -0.2) is 0 Å². The molecule has 0 radical (unpaired) electrons. The van der Waals surface area contributed by atoms with Gasteiger partial charge in [-0.3, -0.25) is 9.89 Å². The molecule has 1 fully saturated rings. The average Bonchev–Trinajstić information content (AvgIpc) is 3.35. The van der Waals surface area contributed by atoms with Crippen molar-refractivity contribution in [2.45, 2.75) is 32.9 Å². The number of hydrogen-bond acceptors (Lipinski definition) is 3. The van der Waals surface area contributed by atoms with Crippen molar-refractivity contribution in [2.24, 2.45) is 10.9 Å². The van der Waals surface area contributed by atoms with Gasteiger partial charge < -0.3 is 15.2 Å². The van der Waals surface area contributed by atoms with E-state index in [1.54, 1.807) is 0 Å². The summed E-state index contributed by atoms with van der Waals surface area (Å²) in [5, 5.41) is 8.98. The lowest BCUT2D eigenvalue weighted by molar-refractivity contribution is 0.182. The zero-order valence-corrected chi connectivity index (χ0v) is 19.3. The van der Waals surface area contributed by atoms with Crippen LogP contribution in [0.25, 0.3) is 0 Å². The van der Waals surface area contributed by atoms with Crippen LogP contribution in [0.3, 0.4) is 0 Å². The Kier molecular flexibility index (Phi) is 10.2. The largest absolute Gasteiger partial charge is 0.357 e. The highest BCUT2D eigenvalue weighted by atomic mass is 127. The summed E-state index contributed by atoms with van der Waals surface area (Å²) in [6.07, 6.45) is 6.68. The lowest BCUT2D eigenvalue weighted by Gasteiger charge is -2.31. The Bertz CT molecular complexity index is 633. The van der Waals surface area contributed by atoms with E-state index < -0.39 is 0 Å². The molecule has 2 aromatic rings. The fourth-order valence-corrected chi connectivity index (χ4v) is 4.08. The molecular weight excluding hydrogens is 469 g/mol. The number of aliphatic imine (C=N–C) groups is 1. The number of halogens is 1. The van der Waals surface area contributed by atoms with Gasteiger partial charge in [-0.2, -0.15) is 0 Å². The Balaban J connectivity index is 0.00000261. The molecule has 7 heteroatoms.